The van der Waals surface area contributed by atoms with E-state index >= 15 is 0 Å². The van der Waals surface area contributed by atoms with E-state index in [2.05, 4.69) is 0 Å². The quantitative estimate of drug-likeness (QED) is 0.629. The van der Waals surface area contributed by atoms with Gasteiger partial charge in [0.25, 0.3) is 0 Å². The maximum Gasteiger partial charge on any atom is 0.115 e. The predicted octanol–water partition coefficient (Wildman–Crippen LogP) is 3.24. The van der Waals surface area contributed by atoms with E-state index in [0.29, 0.717) is 5.75 Å². The number of hydrogen-bond acceptors (Lipinski definition) is 4. The van der Waals surface area contributed by atoms with Crippen molar-refractivity contribution in [1.29, 1.82) is 0 Å². The molecular formula is C18H32O4. The van der Waals surface area contributed by atoms with Crippen LogP contribution in [0.2, 0.25) is 0 Å². The van der Waals surface area contributed by atoms with Crippen LogP contribution in [0.5, 0.6) is 5.75 Å². The summed E-state index contributed by atoms with van der Waals surface area (Å²) in [7, 11) is 0. The number of benzene rings is 1. The van der Waals surface area contributed by atoms with E-state index < -0.39 is 0 Å². The summed E-state index contributed by atoms with van der Waals surface area (Å²) in [5, 5.41) is 34.1. The summed E-state index contributed by atoms with van der Waals surface area (Å²) in [6, 6.07) is 8.71. The molecule has 1 aliphatic rings. The smallest absolute Gasteiger partial charge is 0.115 e. The lowest BCUT2D eigenvalue weighted by molar-refractivity contribution is 0.130. The topological polar surface area (TPSA) is 80.9 Å². The molecule has 0 amide bonds. The average molecular weight is 312 g/mol. The van der Waals surface area contributed by atoms with Crippen molar-refractivity contribution in [2.45, 2.75) is 63.9 Å². The highest BCUT2D eigenvalue weighted by Crippen LogP contribution is 2.16. The minimum Gasteiger partial charge on any atom is -0.508 e. The van der Waals surface area contributed by atoms with Crippen LogP contribution in [0.1, 0.15) is 57.8 Å². The average Bonchev–Trinajstić information content (AvgIpc) is 2.54. The van der Waals surface area contributed by atoms with Crippen molar-refractivity contribution in [2.24, 2.45) is 0 Å². The fraction of sp³-hybridized carbons (Fsp3) is 0.667. The zero-order valence-corrected chi connectivity index (χ0v) is 13.5. The lowest BCUT2D eigenvalue weighted by atomic mass is 9.98. The Labute approximate surface area is 134 Å². The number of aliphatic hydroxyl groups is 3. The number of rotatable bonds is 5. The molecule has 0 saturated heterocycles. The molecule has 4 N–H and O–H groups in total. The van der Waals surface area contributed by atoms with Crippen LogP contribution < -0.4 is 0 Å². The second kappa shape index (κ2) is 16.3. The molecule has 0 spiro atoms. The van der Waals surface area contributed by atoms with Crippen molar-refractivity contribution in [3.05, 3.63) is 30.3 Å². The summed E-state index contributed by atoms with van der Waals surface area (Å²) in [6.45, 7) is 0.566. The van der Waals surface area contributed by atoms with Gasteiger partial charge in [0, 0.05) is 13.2 Å². The SMILES string of the molecule is OC1CCCCC1.OCCCCCCO.Oc1ccccc1. The van der Waals surface area contributed by atoms with Gasteiger partial charge in [-0.3, -0.25) is 0 Å². The molecule has 0 heterocycles. The molecule has 4 nitrogen and oxygen atoms in total. The highest BCUT2D eigenvalue weighted by molar-refractivity contribution is 5.18. The zero-order chi connectivity index (χ0) is 16.5. The van der Waals surface area contributed by atoms with Crippen molar-refractivity contribution in [1.82, 2.24) is 0 Å². The minimum absolute atomic E-state index is 0.0359. The number of hydrogen-bond donors (Lipinski definition) is 4. The minimum atomic E-state index is 0.0359. The predicted molar refractivity (Wildman–Crippen MR) is 89.8 cm³/mol. The van der Waals surface area contributed by atoms with Gasteiger partial charge in [-0.2, -0.15) is 0 Å². The Morgan fingerprint density at radius 2 is 1.27 bits per heavy atom. The Morgan fingerprint density at radius 1 is 0.773 bits per heavy atom. The van der Waals surface area contributed by atoms with Crippen molar-refractivity contribution in [3.8, 4) is 5.75 Å². The third kappa shape index (κ3) is 15.3. The molecule has 4 heteroatoms. The molecule has 0 aliphatic heterocycles. The first-order valence-corrected chi connectivity index (χ1v) is 8.34. The largest absolute Gasteiger partial charge is 0.508 e. The van der Waals surface area contributed by atoms with E-state index in [0.717, 1.165) is 38.5 Å². The van der Waals surface area contributed by atoms with E-state index in [1.807, 2.05) is 6.07 Å². The van der Waals surface area contributed by atoms with Crippen LogP contribution in [0.25, 0.3) is 0 Å². The summed E-state index contributed by atoms with van der Waals surface area (Å²) in [4.78, 5) is 0. The van der Waals surface area contributed by atoms with E-state index in [1.54, 1.807) is 24.3 Å². The Hall–Kier alpha value is -1.10. The Bertz CT molecular complexity index is 304. The molecule has 2 rings (SSSR count). The molecule has 0 radical (unpaired) electrons. The van der Waals surface area contributed by atoms with Crippen LogP contribution in [-0.2, 0) is 0 Å². The Morgan fingerprint density at radius 3 is 1.55 bits per heavy atom. The molecule has 0 bridgehead atoms. The monoisotopic (exact) mass is 312 g/mol. The molecular weight excluding hydrogens is 280 g/mol. The maximum absolute atomic E-state index is 8.91. The molecule has 1 fully saturated rings. The number of aromatic hydroxyl groups is 1. The number of phenolic OH excluding ortho intramolecular Hbond substituents is 1. The molecule has 1 aromatic carbocycles. The summed E-state index contributed by atoms with van der Waals surface area (Å²) in [5.74, 6) is 0.322. The molecule has 0 unspecified atom stereocenters. The van der Waals surface area contributed by atoms with Gasteiger partial charge in [0.1, 0.15) is 5.75 Å². The first kappa shape index (κ1) is 20.9. The standard InChI is InChI=1S/C6H14O2.C6H12O.C6H6O/c7-5-3-1-2-4-6-8;2*7-6-4-2-1-3-5-6/h7-8H,1-6H2;6-7H,1-5H2;1-5,7H. The van der Waals surface area contributed by atoms with E-state index in [1.165, 1.54) is 19.3 Å². The van der Waals surface area contributed by atoms with Crippen LogP contribution in [0, 0.1) is 0 Å². The normalized spacial score (nSPS) is 14.3. The zero-order valence-electron chi connectivity index (χ0n) is 13.5. The maximum atomic E-state index is 8.91. The van der Waals surface area contributed by atoms with Crippen molar-refractivity contribution < 1.29 is 20.4 Å². The lowest BCUT2D eigenvalue weighted by Gasteiger charge is -2.14. The summed E-state index contributed by atoms with van der Waals surface area (Å²) in [5.41, 5.74) is 0. The van der Waals surface area contributed by atoms with Crippen LogP contribution in [0.15, 0.2) is 30.3 Å². The third-order valence-electron chi connectivity index (χ3n) is 3.40. The van der Waals surface area contributed by atoms with Gasteiger partial charge in [0.15, 0.2) is 0 Å². The summed E-state index contributed by atoms with van der Waals surface area (Å²) in [6.07, 6.45) is 9.75. The Balaban J connectivity index is 0.000000301. The van der Waals surface area contributed by atoms with Crippen molar-refractivity contribution >= 4 is 0 Å². The fourth-order valence-corrected chi connectivity index (χ4v) is 2.09. The number of phenols is 1. The van der Waals surface area contributed by atoms with Gasteiger partial charge < -0.3 is 20.4 Å². The number of aliphatic hydroxyl groups excluding tert-OH is 3. The molecule has 128 valence electrons. The molecule has 1 aromatic rings. The molecule has 1 saturated carbocycles. The molecule has 0 aromatic heterocycles. The van der Waals surface area contributed by atoms with E-state index in [4.69, 9.17) is 20.4 Å². The Kier molecular flexibility index (Phi) is 15.5. The first-order chi connectivity index (χ1) is 10.7. The van der Waals surface area contributed by atoms with E-state index in [9.17, 15) is 0 Å². The van der Waals surface area contributed by atoms with Crippen molar-refractivity contribution in [3.63, 3.8) is 0 Å². The van der Waals surface area contributed by atoms with Crippen LogP contribution in [0.3, 0.4) is 0 Å². The van der Waals surface area contributed by atoms with Gasteiger partial charge in [-0.15, -0.1) is 0 Å². The first-order valence-electron chi connectivity index (χ1n) is 8.34. The summed E-state index contributed by atoms with van der Waals surface area (Å²) >= 11 is 0. The molecule has 1 aliphatic carbocycles. The second-order valence-electron chi connectivity index (χ2n) is 5.49. The lowest BCUT2D eigenvalue weighted by Crippen LogP contribution is -2.09. The fourth-order valence-electron chi connectivity index (χ4n) is 2.09. The number of unbranched alkanes of at least 4 members (excludes halogenated alkanes) is 3. The van der Waals surface area contributed by atoms with Gasteiger partial charge in [-0.05, 0) is 37.8 Å². The van der Waals surface area contributed by atoms with Gasteiger partial charge in [0.2, 0.25) is 0 Å². The van der Waals surface area contributed by atoms with Crippen molar-refractivity contribution in [2.75, 3.05) is 13.2 Å². The van der Waals surface area contributed by atoms with Crippen LogP contribution in [0.4, 0.5) is 0 Å². The number of para-hydroxylation sites is 1. The third-order valence-corrected chi connectivity index (χ3v) is 3.40. The van der Waals surface area contributed by atoms with Crippen LogP contribution in [-0.4, -0.2) is 39.7 Å². The van der Waals surface area contributed by atoms with Crippen LogP contribution >= 0.6 is 0 Å². The molecule has 0 atom stereocenters. The molecule has 22 heavy (non-hydrogen) atoms. The van der Waals surface area contributed by atoms with Gasteiger partial charge >= 0.3 is 0 Å². The van der Waals surface area contributed by atoms with Gasteiger partial charge in [-0.25, -0.2) is 0 Å². The summed E-state index contributed by atoms with van der Waals surface area (Å²) < 4.78 is 0. The highest BCUT2D eigenvalue weighted by atomic mass is 16.3. The second-order valence-corrected chi connectivity index (χ2v) is 5.49. The highest BCUT2D eigenvalue weighted by Gasteiger charge is 2.07. The van der Waals surface area contributed by atoms with E-state index in [-0.39, 0.29) is 19.3 Å². The van der Waals surface area contributed by atoms with Gasteiger partial charge in [0.05, 0.1) is 6.10 Å². The van der Waals surface area contributed by atoms with Gasteiger partial charge in [-0.1, -0.05) is 50.3 Å².